The summed E-state index contributed by atoms with van der Waals surface area (Å²) in [5.41, 5.74) is 2.78. The third-order valence-corrected chi connectivity index (χ3v) is 3.93. The molecular formula is C14H18O2. The number of hydrogen-bond donors (Lipinski definition) is 1. The molecule has 0 bridgehead atoms. The molecule has 0 radical (unpaired) electrons. The third kappa shape index (κ3) is 1.62. The molecule has 1 fully saturated rings. The summed E-state index contributed by atoms with van der Waals surface area (Å²) in [6, 6.07) is 6.07. The van der Waals surface area contributed by atoms with Crippen LogP contribution in [0, 0.1) is 13.8 Å². The van der Waals surface area contributed by atoms with Crippen LogP contribution in [0.1, 0.15) is 42.4 Å². The van der Waals surface area contributed by atoms with Gasteiger partial charge in [-0.15, -0.1) is 0 Å². The topological polar surface area (TPSA) is 37.3 Å². The molecule has 1 N–H and O–H groups in total. The maximum Gasteiger partial charge on any atom is 0.314 e. The summed E-state index contributed by atoms with van der Waals surface area (Å²) in [5.74, 6) is -0.659. The van der Waals surface area contributed by atoms with Crippen molar-refractivity contribution >= 4 is 5.97 Å². The molecule has 2 rings (SSSR count). The first-order chi connectivity index (χ1) is 7.56. The number of rotatable bonds is 2. The molecule has 0 saturated heterocycles. The SMILES string of the molecule is Cc1ccc(C2(C(=O)O)CCCC2)cc1C. The Morgan fingerprint density at radius 3 is 2.31 bits per heavy atom. The molecule has 0 spiro atoms. The lowest BCUT2D eigenvalue weighted by atomic mass is 9.78. The van der Waals surface area contributed by atoms with Crippen molar-refractivity contribution < 1.29 is 9.90 Å². The van der Waals surface area contributed by atoms with Crippen LogP contribution < -0.4 is 0 Å². The summed E-state index contributed by atoms with van der Waals surface area (Å²) >= 11 is 0. The first kappa shape index (κ1) is 11.2. The minimum absolute atomic E-state index is 0.613. The van der Waals surface area contributed by atoms with Gasteiger partial charge in [-0.05, 0) is 43.4 Å². The highest BCUT2D eigenvalue weighted by Crippen LogP contribution is 2.41. The molecule has 0 unspecified atom stereocenters. The highest BCUT2D eigenvalue weighted by Gasteiger charge is 2.42. The summed E-state index contributed by atoms with van der Waals surface area (Å²) in [6.45, 7) is 4.10. The summed E-state index contributed by atoms with van der Waals surface area (Å²) in [6.07, 6.45) is 3.62. The average molecular weight is 218 g/mol. The molecule has 1 aliphatic rings. The van der Waals surface area contributed by atoms with Crippen LogP contribution in [0.25, 0.3) is 0 Å². The van der Waals surface area contributed by atoms with E-state index in [1.165, 1.54) is 11.1 Å². The van der Waals surface area contributed by atoms with Crippen LogP contribution >= 0.6 is 0 Å². The second-order valence-electron chi connectivity index (χ2n) is 4.89. The zero-order valence-corrected chi connectivity index (χ0v) is 9.92. The van der Waals surface area contributed by atoms with Gasteiger partial charge < -0.3 is 5.11 Å². The molecule has 0 amide bonds. The fraction of sp³-hybridized carbons (Fsp3) is 0.500. The molecule has 2 nitrogen and oxygen atoms in total. The lowest BCUT2D eigenvalue weighted by molar-refractivity contribution is -0.143. The van der Waals surface area contributed by atoms with Gasteiger partial charge in [-0.1, -0.05) is 31.0 Å². The highest BCUT2D eigenvalue weighted by atomic mass is 16.4. The lowest BCUT2D eigenvalue weighted by Gasteiger charge is -2.25. The largest absolute Gasteiger partial charge is 0.481 e. The van der Waals surface area contributed by atoms with Gasteiger partial charge in [0.05, 0.1) is 5.41 Å². The van der Waals surface area contributed by atoms with E-state index in [4.69, 9.17) is 0 Å². The smallest absolute Gasteiger partial charge is 0.314 e. The van der Waals surface area contributed by atoms with E-state index in [1.54, 1.807) is 0 Å². The van der Waals surface area contributed by atoms with Gasteiger partial charge in [0.2, 0.25) is 0 Å². The van der Waals surface area contributed by atoms with E-state index in [1.807, 2.05) is 19.1 Å². The maximum atomic E-state index is 11.5. The fourth-order valence-corrected chi connectivity index (χ4v) is 2.64. The van der Waals surface area contributed by atoms with Crippen LogP contribution in [0.15, 0.2) is 18.2 Å². The number of carboxylic acid groups (broad SMARTS) is 1. The van der Waals surface area contributed by atoms with E-state index in [9.17, 15) is 9.90 Å². The fourth-order valence-electron chi connectivity index (χ4n) is 2.64. The molecule has 0 heterocycles. The summed E-state index contributed by atoms with van der Waals surface area (Å²) in [5, 5.41) is 9.48. The van der Waals surface area contributed by atoms with Gasteiger partial charge in [0.15, 0.2) is 0 Å². The molecule has 16 heavy (non-hydrogen) atoms. The van der Waals surface area contributed by atoms with Gasteiger partial charge in [-0.25, -0.2) is 0 Å². The Morgan fingerprint density at radius 2 is 1.81 bits per heavy atom. The van der Waals surface area contributed by atoms with Crippen LogP contribution in [-0.4, -0.2) is 11.1 Å². The first-order valence-corrected chi connectivity index (χ1v) is 5.87. The first-order valence-electron chi connectivity index (χ1n) is 5.87. The highest BCUT2D eigenvalue weighted by molar-refractivity contribution is 5.82. The van der Waals surface area contributed by atoms with Gasteiger partial charge in [-0.2, -0.15) is 0 Å². The minimum Gasteiger partial charge on any atom is -0.481 e. The Morgan fingerprint density at radius 1 is 1.19 bits per heavy atom. The van der Waals surface area contributed by atoms with Crippen molar-refractivity contribution in [3.8, 4) is 0 Å². The van der Waals surface area contributed by atoms with E-state index in [2.05, 4.69) is 13.0 Å². The molecule has 1 aromatic rings. The number of aliphatic carboxylic acids is 1. The molecule has 0 aliphatic heterocycles. The van der Waals surface area contributed by atoms with Crippen molar-refractivity contribution in [1.29, 1.82) is 0 Å². The standard InChI is InChI=1S/C14H18O2/c1-10-5-6-12(9-11(10)2)14(13(15)16)7-3-4-8-14/h5-6,9H,3-4,7-8H2,1-2H3,(H,15,16). The number of carboxylic acids is 1. The molecule has 86 valence electrons. The molecule has 1 saturated carbocycles. The molecule has 1 aromatic carbocycles. The molecule has 0 atom stereocenters. The van der Waals surface area contributed by atoms with Crippen molar-refractivity contribution in [2.45, 2.75) is 44.9 Å². The van der Waals surface area contributed by atoms with E-state index < -0.39 is 11.4 Å². The normalized spacial score (nSPS) is 18.6. The second kappa shape index (κ2) is 3.93. The maximum absolute atomic E-state index is 11.5. The Kier molecular flexibility index (Phi) is 2.75. The van der Waals surface area contributed by atoms with Crippen LogP contribution in [0.3, 0.4) is 0 Å². The van der Waals surface area contributed by atoms with Crippen molar-refractivity contribution in [3.63, 3.8) is 0 Å². The van der Waals surface area contributed by atoms with Crippen LogP contribution in [0.4, 0.5) is 0 Å². The zero-order chi connectivity index (χ0) is 11.8. The second-order valence-corrected chi connectivity index (χ2v) is 4.89. The van der Waals surface area contributed by atoms with Crippen molar-refractivity contribution in [3.05, 3.63) is 34.9 Å². The van der Waals surface area contributed by atoms with E-state index in [-0.39, 0.29) is 0 Å². The van der Waals surface area contributed by atoms with Gasteiger partial charge in [0, 0.05) is 0 Å². The number of carbonyl (C=O) groups is 1. The van der Waals surface area contributed by atoms with E-state index >= 15 is 0 Å². The Bertz CT molecular complexity index is 415. The number of hydrogen-bond acceptors (Lipinski definition) is 1. The summed E-state index contributed by atoms with van der Waals surface area (Å²) in [7, 11) is 0. The molecule has 2 heteroatoms. The van der Waals surface area contributed by atoms with Crippen LogP contribution in [0.5, 0.6) is 0 Å². The van der Waals surface area contributed by atoms with E-state index in [0.717, 1.165) is 31.2 Å². The third-order valence-electron chi connectivity index (χ3n) is 3.93. The summed E-state index contributed by atoms with van der Waals surface area (Å²) in [4.78, 5) is 11.5. The predicted octanol–water partition coefficient (Wildman–Crippen LogP) is 3.20. The van der Waals surface area contributed by atoms with Gasteiger partial charge in [0.1, 0.15) is 0 Å². The predicted molar refractivity (Wildman–Crippen MR) is 63.7 cm³/mol. The van der Waals surface area contributed by atoms with Gasteiger partial charge in [0.25, 0.3) is 0 Å². The minimum atomic E-state index is -0.659. The van der Waals surface area contributed by atoms with Crippen LogP contribution in [-0.2, 0) is 10.2 Å². The lowest BCUT2D eigenvalue weighted by Crippen LogP contribution is -2.32. The van der Waals surface area contributed by atoms with Crippen molar-refractivity contribution in [2.24, 2.45) is 0 Å². The summed E-state index contributed by atoms with van der Waals surface area (Å²) < 4.78 is 0. The molecule has 1 aliphatic carbocycles. The van der Waals surface area contributed by atoms with Crippen molar-refractivity contribution in [1.82, 2.24) is 0 Å². The Labute approximate surface area is 96.3 Å². The number of benzene rings is 1. The van der Waals surface area contributed by atoms with E-state index in [0.29, 0.717) is 0 Å². The average Bonchev–Trinajstić information content (AvgIpc) is 2.72. The number of aryl methyl sites for hydroxylation is 2. The Balaban J connectivity index is 2.47. The Hall–Kier alpha value is -1.31. The van der Waals surface area contributed by atoms with Gasteiger partial charge in [-0.3, -0.25) is 4.79 Å². The quantitative estimate of drug-likeness (QED) is 0.827. The monoisotopic (exact) mass is 218 g/mol. The molecular weight excluding hydrogens is 200 g/mol. The van der Waals surface area contributed by atoms with Crippen LogP contribution in [0.2, 0.25) is 0 Å². The van der Waals surface area contributed by atoms with Gasteiger partial charge >= 0.3 is 5.97 Å². The zero-order valence-electron chi connectivity index (χ0n) is 9.92. The molecule has 0 aromatic heterocycles. The van der Waals surface area contributed by atoms with Crippen molar-refractivity contribution in [2.75, 3.05) is 0 Å².